The standard InChI is InChI=1S/C14H16N4OS/c1-10-13(7-16-17-10)14(19)18(2)8-12-6-11(9-20-12)4-3-5-15/h6-7,9H,5,8,15H2,1-2H3,(H,16,17). The second kappa shape index (κ2) is 6.37. The summed E-state index contributed by atoms with van der Waals surface area (Å²) < 4.78 is 0. The molecule has 104 valence electrons. The Bertz CT molecular complexity index is 662. The highest BCUT2D eigenvalue weighted by molar-refractivity contribution is 7.10. The van der Waals surface area contributed by atoms with Crippen LogP contribution in [0, 0.1) is 18.8 Å². The van der Waals surface area contributed by atoms with E-state index in [0.29, 0.717) is 18.7 Å². The molecule has 0 aliphatic carbocycles. The number of H-pyrrole nitrogens is 1. The Labute approximate surface area is 121 Å². The zero-order valence-corrected chi connectivity index (χ0v) is 12.3. The molecule has 3 N–H and O–H groups in total. The average Bonchev–Trinajstić information content (AvgIpc) is 3.04. The fourth-order valence-electron chi connectivity index (χ4n) is 1.76. The Morgan fingerprint density at radius 3 is 3.05 bits per heavy atom. The molecule has 0 saturated carbocycles. The zero-order chi connectivity index (χ0) is 14.5. The number of rotatable bonds is 3. The van der Waals surface area contributed by atoms with Gasteiger partial charge in [0.05, 0.1) is 24.8 Å². The normalized spacial score (nSPS) is 9.95. The summed E-state index contributed by atoms with van der Waals surface area (Å²) in [6.07, 6.45) is 1.56. The van der Waals surface area contributed by atoms with Gasteiger partial charge in [0.2, 0.25) is 0 Å². The molecule has 2 rings (SSSR count). The number of thiophene rings is 1. The highest BCUT2D eigenvalue weighted by Crippen LogP contribution is 2.17. The van der Waals surface area contributed by atoms with Gasteiger partial charge in [-0.2, -0.15) is 5.10 Å². The van der Waals surface area contributed by atoms with Gasteiger partial charge >= 0.3 is 0 Å². The molecule has 0 aromatic carbocycles. The molecule has 0 radical (unpaired) electrons. The molecule has 20 heavy (non-hydrogen) atoms. The van der Waals surface area contributed by atoms with Crippen molar-refractivity contribution in [1.29, 1.82) is 0 Å². The summed E-state index contributed by atoms with van der Waals surface area (Å²) in [5.74, 6) is 5.75. The van der Waals surface area contributed by atoms with Crippen molar-refractivity contribution in [1.82, 2.24) is 15.1 Å². The number of carbonyl (C=O) groups excluding carboxylic acids is 1. The minimum Gasteiger partial charge on any atom is -0.336 e. The molecular formula is C14H16N4OS. The van der Waals surface area contributed by atoms with Gasteiger partial charge in [0.1, 0.15) is 0 Å². The van der Waals surface area contributed by atoms with E-state index in [-0.39, 0.29) is 5.91 Å². The van der Waals surface area contributed by atoms with Crippen molar-refractivity contribution >= 4 is 17.2 Å². The monoisotopic (exact) mass is 288 g/mol. The van der Waals surface area contributed by atoms with E-state index < -0.39 is 0 Å². The molecule has 1 amide bonds. The number of carbonyl (C=O) groups is 1. The highest BCUT2D eigenvalue weighted by atomic mass is 32.1. The summed E-state index contributed by atoms with van der Waals surface area (Å²) in [7, 11) is 1.78. The smallest absolute Gasteiger partial charge is 0.257 e. The quantitative estimate of drug-likeness (QED) is 0.837. The van der Waals surface area contributed by atoms with Crippen LogP contribution in [0.1, 0.15) is 26.5 Å². The third-order valence-electron chi connectivity index (χ3n) is 2.79. The van der Waals surface area contributed by atoms with E-state index in [4.69, 9.17) is 5.73 Å². The van der Waals surface area contributed by atoms with Gasteiger partial charge in [-0.1, -0.05) is 11.8 Å². The topological polar surface area (TPSA) is 75.0 Å². The van der Waals surface area contributed by atoms with Crippen molar-refractivity contribution < 1.29 is 4.79 Å². The maximum atomic E-state index is 12.2. The van der Waals surface area contributed by atoms with Crippen LogP contribution in [-0.2, 0) is 6.54 Å². The van der Waals surface area contributed by atoms with Gasteiger partial charge < -0.3 is 10.6 Å². The highest BCUT2D eigenvalue weighted by Gasteiger charge is 2.16. The molecule has 2 aromatic heterocycles. The molecule has 0 aliphatic heterocycles. The van der Waals surface area contributed by atoms with Gasteiger partial charge in [-0.05, 0) is 13.0 Å². The second-order valence-corrected chi connectivity index (χ2v) is 5.37. The molecule has 0 unspecified atom stereocenters. The molecular weight excluding hydrogens is 272 g/mol. The summed E-state index contributed by atoms with van der Waals surface area (Å²) in [6.45, 7) is 2.74. The number of hydrogen-bond donors (Lipinski definition) is 2. The Morgan fingerprint density at radius 2 is 2.40 bits per heavy atom. The average molecular weight is 288 g/mol. The predicted octanol–water partition coefficient (Wildman–Crippen LogP) is 1.36. The molecule has 2 aromatic rings. The zero-order valence-electron chi connectivity index (χ0n) is 11.4. The van der Waals surface area contributed by atoms with E-state index in [1.165, 1.54) is 0 Å². The molecule has 0 fully saturated rings. The number of nitrogens with one attached hydrogen (secondary N) is 1. The molecule has 5 nitrogen and oxygen atoms in total. The van der Waals surface area contributed by atoms with Crippen LogP contribution < -0.4 is 5.73 Å². The van der Waals surface area contributed by atoms with E-state index in [9.17, 15) is 4.79 Å². The summed E-state index contributed by atoms with van der Waals surface area (Å²) >= 11 is 1.59. The van der Waals surface area contributed by atoms with Crippen molar-refractivity contribution in [3.05, 3.63) is 39.3 Å². The molecule has 2 heterocycles. The third kappa shape index (κ3) is 3.26. The van der Waals surface area contributed by atoms with Gasteiger partial charge in [0, 0.05) is 28.6 Å². The number of aryl methyl sites for hydroxylation is 1. The summed E-state index contributed by atoms with van der Waals surface area (Å²) in [5.41, 5.74) is 7.66. The Kier molecular flexibility index (Phi) is 4.56. The Morgan fingerprint density at radius 1 is 1.60 bits per heavy atom. The maximum absolute atomic E-state index is 12.2. The van der Waals surface area contributed by atoms with Gasteiger partial charge in [0.15, 0.2) is 0 Å². The van der Waals surface area contributed by atoms with Crippen LogP contribution in [0.25, 0.3) is 0 Å². The first kappa shape index (κ1) is 14.3. The van der Waals surface area contributed by atoms with Gasteiger partial charge in [0.25, 0.3) is 5.91 Å². The molecule has 0 aliphatic rings. The lowest BCUT2D eigenvalue weighted by molar-refractivity contribution is 0.0786. The van der Waals surface area contributed by atoms with Crippen LogP contribution in [-0.4, -0.2) is 34.6 Å². The fraction of sp³-hybridized carbons (Fsp3) is 0.286. The number of aromatic nitrogens is 2. The minimum atomic E-state index is -0.0424. The SMILES string of the molecule is Cc1[nH]ncc1C(=O)N(C)Cc1cc(C#CCN)cs1. The van der Waals surface area contributed by atoms with Gasteiger partial charge in [-0.25, -0.2) is 0 Å². The van der Waals surface area contributed by atoms with Crippen LogP contribution in [0.2, 0.25) is 0 Å². The largest absolute Gasteiger partial charge is 0.336 e. The number of hydrogen-bond acceptors (Lipinski definition) is 4. The van der Waals surface area contributed by atoms with E-state index in [1.54, 1.807) is 29.5 Å². The lowest BCUT2D eigenvalue weighted by Crippen LogP contribution is -2.26. The van der Waals surface area contributed by atoms with Gasteiger partial charge in [-0.3, -0.25) is 9.89 Å². The first-order chi connectivity index (χ1) is 9.61. The van der Waals surface area contributed by atoms with Gasteiger partial charge in [-0.15, -0.1) is 11.3 Å². The third-order valence-corrected chi connectivity index (χ3v) is 3.71. The number of amides is 1. The van der Waals surface area contributed by atoms with E-state index in [2.05, 4.69) is 22.0 Å². The number of nitrogens with zero attached hydrogens (tertiary/aromatic N) is 2. The van der Waals surface area contributed by atoms with Crippen LogP contribution >= 0.6 is 11.3 Å². The predicted molar refractivity (Wildman–Crippen MR) is 79.4 cm³/mol. The van der Waals surface area contributed by atoms with E-state index in [1.807, 2.05) is 18.4 Å². The Balaban J connectivity index is 2.04. The van der Waals surface area contributed by atoms with E-state index >= 15 is 0 Å². The van der Waals surface area contributed by atoms with Crippen molar-refractivity contribution in [3.63, 3.8) is 0 Å². The molecule has 0 saturated heterocycles. The molecule has 0 atom stereocenters. The Hall–Kier alpha value is -2.10. The number of nitrogens with two attached hydrogens (primary N) is 1. The summed E-state index contributed by atoms with van der Waals surface area (Å²) in [6, 6.07) is 1.99. The van der Waals surface area contributed by atoms with Crippen molar-refractivity contribution in [2.24, 2.45) is 5.73 Å². The summed E-state index contributed by atoms with van der Waals surface area (Å²) in [4.78, 5) is 15.0. The first-order valence-corrected chi connectivity index (χ1v) is 7.01. The molecule has 6 heteroatoms. The first-order valence-electron chi connectivity index (χ1n) is 6.13. The summed E-state index contributed by atoms with van der Waals surface area (Å²) in [5, 5.41) is 8.61. The maximum Gasteiger partial charge on any atom is 0.257 e. The number of aromatic amines is 1. The lowest BCUT2D eigenvalue weighted by Gasteiger charge is -2.15. The molecule has 0 spiro atoms. The minimum absolute atomic E-state index is 0.0424. The van der Waals surface area contributed by atoms with Crippen LogP contribution in [0.4, 0.5) is 0 Å². The van der Waals surface area contributed by atoms with E-state index in [0.717, 1.165) is 16.1 Å². The molecule has 0 bridgehead atoms. The van der Waals surface area contributed by atoms with Crippen LogP contribution in [0.3, 0.4) is 0 Å². The second-order valence-electron chi connectivity index (χ2n) is 4.38. The van der Waals surface area contributed by atoms with Crippen molar-refractivity contribution in [2.45, 2.75) is 13.5 Å². The lowest BCUT2D eigenvalue weighted by atomic mass is 10.2. The van der Waals surface area contributed by atoms with Crippen molar-refractivity contribution in [2.75, 3.05) is 13.6 Å². The van der Waals surface area contributed by atoms with Crippen LogP contribution in [0.5, 0.6) is 0 Å². The fourth-order valence-corrected chi connectivity index (χ4v) is 2.63. The van der Waals surface area contributed by atoms with Crippen LogP contribution in [0.15, 0.2) is 17.6 Å². The van der Waals surface area contributed by atoms with Crippen molar-refractivity contribution in [3.8, 4) is 11.8 Å².